The molecular formula is C13H18N2O5. The summed E-state index contributed by atoms with van der Waals surface area (Å²) in [5, 5.41) is 14.2. The van der Waals surface area contributed by atoms with Gasteiger partial charge in [0.05, 0.1) is 13.5 Å². The van der Waals surface area contributed by atoms with E-state index in [9.17, 15) is 9.59 Å². The van der Waals surface area contributed by atoms with Crippen LogP contribution in [0.25, 0.3) is 0 Å². The molecule has 7 nitrogen and oxygen atoms in total. The van der Waals surface area contributed by atoms with Gasteiger partial charge >= 0.3 is 12.0 Å². The molecule has 1 aromatic carbocycles. The molecule has 0 saturated heterocycles. The zero-order valence-electron chi connectivity index (χ0n) is 11.4. The molecule has 7 heteroatoms. The molecule has 2 amide bonds. The van der Waals surface area contributed by atoms with Crippen LogP contribution >= 0.6 is 0 Å². The average molecular weight is 282 g/mol. The minimum Gasteiger partial charge on any atom is -0.508 e. The number of nitrogens with one attached hydrogen (secondary N) is 2. The second-order valence-corrected chi connectivity index (χ2v) is 3.98. The second-order valence-electron chi connectivity index (χ2n) is 3.98. The van der Waals surface area contributed by atoms with Gasteiger partial charge in [0.2, 0.25) is 0 Å². The van der Waals surface area contributed by atoms with Gasteiger partial charge in [-0.15, -0.1) is 0 Å². The molecule has 0 aliphatic carbocycles. The Balaban J connectivity index is 2.27. The summed E-state index contributed by atoms with van der Waals surface area (Å²) in [6, 6.07) is 5.70. The maximum Gasteiger partial charge on any atom is 0.317 e. The Hall–Kier alpha value is -2.44. The van der Waals surface area contributed by atoms with Gasteiger partial charge in [-0.3, -0.25) is 4.79 Å². The Kier molecular flexibility index (Phi) is 6.15. The van der Waals surface area contributed by atoms with Crippen molar-refractivity contribution < 1.29 is 24.2 Å². The van der Waals surface area contributed by atoms with Crippen LogP contribution < -0.4 is 15.4 Å². The van der Waals surface area contributed by atoms with Crippen molar-refractivity contribution in [3.8, 4) is 11.5 Å². The lowest BCUT2D eigenvalue weighted by Crippen LogP contribution is -2.43. The number of rotatable bonds is 6. The van der Waals surface area contributed by atoms with Gasteiger partial charge in [-0.25, -0.2) is 4.79 Å². The monoisotopic (exact) mass is 282 g/mol. The Morgan fingerprint density at radius 3 is 2.55 bits per heavy atom. The molecule has 20 heavy (non-hydrogen) atoms. The quantitative estimate of drug-likeness (QED) is 0.534. The first-order valence-electron chi connectivity index (χ1n) is 6.08. The third kappa shape index (κ3) is 5.94. The van der Waals surface area contributed by atoms with Crippen molar-refractivity contribution in [2.45, 2.75) is 19.6 Å². The van der Waals surface area contributed by atoms with Gasteiger partial charge in [0.15, 0.2) is 6.23 Å². The number of phenolic OH excluding ortho intramolecular Hbond substituents is 1. The first kappa shape index (κ1) is 15.6. The van der Waals surface area contributed by atoms with E-state index in [-0.39, 0.29) is 18.7 Å². The van der Waals surface area contributed by atoms with Crippen molar-refractivity contribution in [2.75, 3.05) is 13.7 Å². The van der Waals surface area contributed by atoms with Crippen LogP contribution in [0.4, 0.5) is 4.79 Å². The molecule has 0 aliphatic heterocycles. The van der Waals surface area contributed by atoms with Crippen molar-refractivity contribution in [1.29, 1.82) is 0 Å². The Bertz CT molecular complexity index is 447. The van der Waals surface area contributed by atoms with E-state index in [1.54, 1.807) is 19.1 Å². The molecule has 3 N–H and O–H groups in total. The lowest BCUT2D eigenvalue weighted by Gasteiger charge is -2.16. The van der Waals surface area contributed by atoms with Crippen molar-refractivity contribution >= 4 is 12.0 Å². The van der Waals surface area contributed by atoms with E-state index in [2.05, 4.69) is 15.4 Å². The first-order chi connectivity index (χ1) is 9.51. The van der Waals surface area contributed by atoms with Gasteiger partial charge in [-0.05, 0) is 31.2 Å². The summed E-state index contributed by atoms with van der Waals surface area (Å²) in [5.41, 5.74) is 0. The highest BCUT2D eigenvalue weighted by atomic mass is 16.5. The molecule has 1 aromatic rings. The fourth-order valence-corrected chi connectivity index (χ4v) is 1.37. The fourth-order valence-electron chi connectivity index (χ4n) is 1.37. The van der Waals surface area contributed by atoms with Gasteiger partial charge in [-0.1, -0.05) is 0 Å². The highest BCUT2D eigenvalue weighted by molar-refractivity contribution is 5.75. The number of amides is 2. The molecule has 0 radical (unpaired) electrons. The molecule has 110 valence electrons. The van der Waals surface area contributed by atoms with Gasteiger partial charge in [0, 0.05) is 6.54 Å². The van der Waals surface area contributed by atoms with Gasteiger partial charge < -0.3 is 25.2 Å². The topological polar surface area (TPSA) is 96.9 Å². The molecule has 1 rings (SSSR count). The van der Waals surface area contributed by atoms with Crippen molar-refractivity contribution in [3.05, 3.63) is 24.3 Å². The molecule has 0 fully saturated rings. The molecular weight excluding hydrogens is 264 g/mol. The molecule has 0 heterocycles. The van der Waals surface area contributed by atoms with E-state index in [0.717, 1.165) is 0 Å². The van der Waals surface area contributed by atoms with Crippen LogP contribution in [0, 0.1) is 0 Å². The highest BCUT2D eigenvalue weighted by Crippen LogP contribution is 2.16. The lowest BCUT2D eigenvalue weighted by molar-refractivity contribution is -0.140. The molecule has 0 saturated carbocycles. The van der Waals surface area contributed by atoms with Gasteiger partial charge in [-0.2, -0.15) is 0 Å². The number of esters is 1. The smallest absolute Gasteiger partial charge is 0.317 e. The zero-order valence-corrected chi connectivity index (χ0v) is 11.4. The molecule has 0 aliphatic rings. The number of urea groups is 1. The van der Waals surface area contributed by atoms with Crippen molar-refractivity contribution in [2.24, 2.45) is 0 Å². The number of hydrogen-bond donors (Lipinski definition) is 3. The average Bonchev–Trinajstić information content (AvgIpc) is 2.41. The predicted molar refractivity (Wildman–Crippen MR) is 71.4 cm³/mol. The maximum absolute atomic E-state index is 11.5. The Morgan fingerprint density at radius 1 is 1.30 bits per heavy atom. The molecule has 1 unspecified atom stereocenters. The van der Waals surface area contributed by atoms with E-state index in [1.807, 2.05) is 0 Å². The minimum absolute atomic E-state index is 0.108. The predicted octanol–water partition coefficient (Wildman–Crippen LogP) is 0.979. The minimum atomic E-state index is -0.558. The van der Waals surface area contributed by atoms with Gasteiger partial charge in [0.1, 0.15) is 11.5 Å². The van der Waals surface area contributed by atoms with Crippen LogP contribution in [-0.4, -0.2) is 37.0 Å². The fraction of sp³-hybridized carbons (Fsp3) is 0.385. The SMILES string of the molecule is COC(=O)CCNC(=O)NC(C)Oc1ccc(O)cc1. The first-order valence-corrected chi connectivity index (χ1v) is 6.08. The third-order valence-corrected chi connectivity index (χ3v) is 2.33. The summed E-state index contributed by atoms with van der Waals surface area (Å²) in [6.45, 7) is 1.84. The van der Waals surface area contributed by atoms with E-state index in [1.165, 1.54) is 19.2 Å². The Labute approximate surface area is 116 Å². The number of carbonyl (C=O) groups excluding carboxylic acids is 2. The second kappa shape index (κ2) is 7.88. The molecule has 0 bridgehead atoms. The number of phenols is 1. The van der Waals surface area contributed by atoms with E-state index < -0.39 is 18.2 Å². The largest absolute Gasteiger partial charge is 0.508 e. The maximum atomic E-state index is 11.5. The van der Waals surface area contributed by atoms with Crippen molar-refractivity contribution in [1.82, 2.24) is 10.6 Å². The lowest BCUT2D eigenvalue weighted by atomic mass is 10.3. The summed E-state index contributed by atoms with van der Waals surface area (Å²) in [7, 11) is 1.29. The van der Waals surface area contributed by atoms with E-state index in [4.69, 9.17) is 9.84 Å². The van der Waals surface area contributed by atoms with Crippen molar-refractivity contribution in [3.63, 3.8) is 0 Å². The summed E-state index contributed by atoms with van der Waals surface area (Å²) in [4.78, 5) is 22.3. The Morgan fingerprint density at radius 2 is 1.95 bits per heavy atom. The number of benzene rings is 1. The zero-order chi connectivity index (χ0) is 15.0. The summed E-state index contributed by atoms with van der Waals surface area (Å²) in [5.74, 6) is 0.266. The highest BCUT2D eigenvalue weighted by Gasteiger charge is 2.08. The number of ether oxygens (including phenoxy) is 2. The molecule has 0 aromatic heterocycles. The molecule has 0 spiro atoms. The number of aromatic hydroxyl groups is 1. The summed E-state index contributed by atoms with van der Waals surface area (Å²) >= 11 is 0. The van der Waals surface area contributed by atoms with Gasteiger partial charge in [0.25, 0.3) is 0 Å². The van der Waals surface area contributed by atoms with Crippen LogP contribution in [0.3, 0.4) is 0 Å². The van der Waals surface area contributed by atoms with Crippen LogP contribution in [0.5, 0.6) is 11.5 Å². The third-order valence-electron chi connectivity index (χ3n) is 2.33. The number of hydrogen-bond acceptors (Lipinski definition) is 5. The summed E-state index contributed by atoms with van der Waals surface area (Å²) < 4.78 is 9.86. The number of methoxy groups -OCH3 is 1. The van der Waals surface area contributed by atoms with Crippen LogP contribution in [0.2, 0.25) is 0 Å². The van der Waals surface area contributed by atoms with Crippen LogP contribution in [-0.2, 0) is 9.53 Å². The molecule has 1 atom stereocenters. The number of carbonyl (C=O) groups is 2. The summed E-state index contributed by atoms with van der Waals surface area (Å²) in [6.07, 6.45) is -0.449. The van der Waals surface area contributed by atoms with Crippen LogP contribution in [0.1, 0.15) is 13.3 Å². The van der Waals surface area contributed by atoms with Crippen LogP contribution in [0.15, 0.2) is 24.3 Å². The van der Waals surface area contributed by atoms with E-state index in [0.29, 0.717) is 5.75 Å². The normalized spacial score (nSPS) is 11.3. The van der Waals surface area contributed by atoms with E-state index >= 15 is 0 Å². The standard InChI is InChI=1S/C13H18N2O5/c1-9(20-11-5-3-10(16)4-6-11)15-13(18)14-8-7-12(17)19-2/h3-6,9,16H,7-8H2,1-2H3,(H2,14,15,18).